The molecule has 2 rings (SSSR count). The van der Waals surface area contributed by atoms with Crippen molar-refractivity contribution in [2.24, 2.45) is 5.92 Å². The Bertz CT molecular complexity index is 374. The average Bonchev–Trinajstić information content (AvgIpc) is 2.99. The second kappa shape index (κ2) is 7.26. The Hall–Kier alpha value is -0.820. The number of likely N-dealkylation sites (N-methyl/N-ethyl adjacent to an activating group) is 1. The third-order valence-electron chi connectivity index (χ3n) is 5.38. The first-order valence-electron chi connectivity index (χ1n) is 8.57. The largest absolute Gasteiger partial charge is 0.313 e. The van der Waals surface area contributed by atoms with Crippen LogP contribution in [0.25, 0.3) is 0 Å². The van der Waals surface area contributed by atoms with E-state index in [0.717, 1.165) is 12.5 Å². The normalized spacial score (nSPS) is 19.4. The summed E-state index contributed by atoms with van der Waals surface area (Å²) in [5, 5.41) is 3.87. The van der Waals surface area contributed by atoms with Crippen molar-refractivity contribution < 1.29 is 0 Å². The Morgan fingerprint density at radius 3 is 2.10 bits per heavy atom. The molecule has 0 amide bonds. The summed E-state index contributed by atoms with van der Waals surface area (Å²) in [5.41, 5.74) is 1.93. The predicted molar refractivity (Wildman–Crippen MR) is 88.1 cm³/mol. The van der Waals surface area contributed by atoms with Crippen molar-refractivity contribution in [1.82, 2.24) is 5.32 Å². The zero-order valence-electron chi connectivity index (χ0n) is 13.5. The maximum atomic E-state index is 3.87. The molecule has 112 valence electrons. The van der Waals surface area contributed by atoms with Crippen molar-refractivity contribution in [1.29, 1.82) is 0 Å². The van der Waals surface area contributed by atoms with E-state index in [1.807, 2.05) is 0 Å². The fourth-order valence-electron chi connectivity index (χ4n) is 4.35. The minimum atomic E-state index is 0.369. The van der Waals surface area contributed by atoms with Crippen LogP contribution in [0, 0.1) is 5.92 Å². The van der Waals surface area contributed by atoms with Gasteiger partial charge in [0.25, 0.3) is 0 Å². The lowest BCUT2D eigenvalue weighted by atomic mass is 9.67. The van der Waals surface area contributed by atoms with Crippen LogP contribution < -0.4 is 5.32 Å². The van der Waals surface area contributed by atoms with Crippen LogP contribution in [0.1, 0.15) is 64.9 Å². The summed E-state index contributed by atoms with van der Waals surface area (Å²) in [5.74, 6) is 0.785. The third-order valence-corrected chi connectivity index (χ3v) is 5.38. The summed E-state index contributed by atoms with van der Waals surface area (Å²) in [7, 11) is 0. The molecule has 0 spiro atoms. The molecular formula is C19H31N. The Balaban J connectivity index is 2.38. The summed E-state index contributed by atoms with van der Waals surface area (Å²) in [4.78, 5) is 0. The molecule has 0 radical (unpaired) electrons. The van der Waals surface area contributed by atoms with Crippen molar-refractivity contribution >= 4 is 0 Å². The number of benzene rings is 1. The van der Waals surface area contributed by atoms with Gasteiger partial charge in [0.05, 0.1) is 0 Å². The van der Waals surface area contributed by atoms with Gasteiger partial charge in [-0.1, -0.05) is 76.8 Å². The van der Waals surface area contributed by atoms with Gasteiger partial charge in [-0.05, 0) is 30.9 Å². The maximum Gasteiger partial charge on any atom is 0.0192 e. The SMILES string of the molecule is CCNC(C(CC)CC)C1(c2ccccc2)CCCC1. The molecule has 1 heteroatoms. The monoisotopic (exact) mass is 273 g/mol. The molecule has 1 nitrogen and oxygen atoms in total. The fraction of sp³-hybridized carbons (Fsp3) is 0.684. The van der Waals surface area contributed by atoms with Gasteiger partial charge in [0, 0.05) is 11.5 Å². The zero-order chi connectivity index (χ0) is 14.4. The smallest absolute Gasteiger partial charge is 0.0192 e. The van der Waals surface area contributed by atoms with E-state index in [9.17, 15) is 0 Å². The second-order valence-electron chi connectivity index (χ2n) is 6.34. The molecule has 1 atom stereocenters. The van der Waals surface area contributed by atoms with Crippen molar-refractivity contribution in [2.75, 3.05) is 6.54 Å². The minimum Gasteiger partial charge on any atom is -0.313 e. The van der Waals surface area contributed by atoms with Crippen molar-refractivity contribution in [2.45, 2.75) is 70.8 Å². The molecule has 0 saturated heterocycles. The molecular weight excluding hydrogens is 242 g/mol. The van der Waals surface area contributed by atoms with E-state index in [0.29, 0.717) is 11.5 Å². The molecule has 0 aromatic heterocycles. The minimum absolute atomic E-state index is 0.369. The van der Waals surface area contributed by atoms with Crippen molar-refractivity contribution in [3.63, 3.8) is 0 Å². The van der Waals surface area contributed by atoms with Crippen molar-refractivity contribution in [3.8, 4) is 0 Å². The molecule has 1 aromatic rings. The van der Waals surface area contributed by atoms with Gasteiger partial charge in [0.15, 0.2) is 0 Å². The molecule has 0 bridgehead atoms. The van der Waals surface area contributed by atoms with Crippen LogP contribution >= 0.6 is 0 Å². The van der Waals surface area contributed by atoms with Crippen LogP contribution in [0.5, 0.6) is 0 Å². The van der Waals surface area contributed by atoms with E-state index in [1.165, 1.54) is 38.5 Å². The van der Waals surface area contributed by atoms with Crippen LogP contribution in [0.2, 0.25) is 0 Å². The van der Waals surface area contributed by atoms with Gasteiger partial charge in [-0.15, -0.1) is 0 Å². The summed E-state index contributed by atoms with van der Waals surface area (Å²) in [6.07, 6.45) is 8.04. The van der Waals surface area contributed by atoms with E-state index in [2.05, 4.69) is 56.4 Å². The molecule has 1 aliphatic rings. The number of hydrogen-bond donors (Lipinski definition) is 1. The van der Waals surface area contributed by atoms with Gasteiger partial charge in [0.1, 0.15) is 0 Å². The molecule has 1 unspecified atom stereocenters. The van der Waals surface area contributed by atoms with E-state index in [4.69, 9.17) is 0 Å². The van der Waals surface area contributed by atoms with Gasteiger partial charge in [0.2, 0.25) is 0 Å². The predicted octanol–water partition coefficient (Wildman–Crippen LogP) is 4.91. The number of rotatable bonds is 7. The highest BCUT2D eigenvalue weighted by Gasteiger charge is 2.44. The topological polar surface area (TPSA) is 12.0 Å². The lowest BCUT2D eigenvalue weighted by Gasteiger charge is -2.43. The summed E-state index contributed by atoms with van der Waals surface area (Å²) in [6, 6.07) is 11.9. The van der Waals surface area contributed by atoms with Gasteiger partial charge in [-0.3, -0.25) is 0 Å². The quantitative estimate of drug-likeness (QED) is 0.744. The molecule has 0 aliphatic heterocycles. The highest BCUT2D eigenvalue weighted by molar-refractivity contribution is 5.29. The van der Waals surface area contributed by atoms with Crippen LogP contribution in [0.4, 0.5) is 0 Å². The van der Waals surface area contributed by atoms with Gasteiger partial charge < -0.3 is 5.32 Å². The Morgan fingerprint density at radius 1 is 1.00 bits per heavy atom. The van der Waals surface area contributed by atoms with Gasteiger partial charge >= 0.3 is 0 Å². The van der Waals surface area contributed by atoms with Crippen molar-refractivity contribution in [3.05, 3.63) is 35.9 Å². The van der Waals surface area contributed by atoms with E-state index in [1.54, 1.807) is 5.56 Å². The molecule has 20 heavy (non-hydrogen) atoms. The van der Waals surface area contributed by atoms with Crippen LogP contribution in [-0.4, -0.2) is 12.6 Å². The number of nitrogens with one attached hydrogen (secondary N) is 1. The van der Waals surface area contributed by atoms with E-state index < -0.39 is 0 Å². The zero-order valence-corrected chi connectivity index (χ0v) is 13.5. The number of hydrogen-bond acceptors (Lipinski definition) is 1. The van der Waals surface area contributed by atoms with Gasteiger partial charge in [-0.25, -0.2) is 0 Å². The summed E-state index contributed by atoms with van der Waals surface area (Å²) >= 11 is 0. The summed E-state index contributed by atoms with van der Waals surface area (Å²) < 4.78 is 0. The first-order chi connectivity index (χ1) is 9.78. The Labute approximate surface area is 125 Å². The summed E-state index contributed by atoms with van der Waals surface area (Å²) in [6.45, 7) is 8.04. The third kappa shape index (κ3) is 2.93. The first kappa shape index (κ1) is 15.6. The lowest BCUT2D eigenvalue weighted by molar-refractivity contribution is 0.208. The first-order valence-corrected chi connectivity index (χ1v) is 8.57. The molecule has 1 fully saturated rings. The van der Waals surface area contributed by atoms with Gasteiger partial charge in [-0.2, -0.15) is 0 Å². The Morgan fingerprint density at radius 2 is 1.60 bits per heavy atom. The van der Waals surface area contributed by atoms with Crippen LogP contribution in [-0.2, 0) is 5.41 Å². The van der Waals surface area contributed by atoms with Crippen LogP contribution in [0.3, 0.4) is 0 Å². The second-order valence-corrected chi connectivity index (χ2v) is 6.34. The maximum absolute atomic E-state index is 3.87. The highest BCUT2D eigenvalue weighted by atomic mass is 14.9. The molecule has 1 aliphatic carbocycles. The van der Waals surface area contributed by atoms with E-state index >= 15 is 0 Å². The van der Waals surface area contributed by atoms with E-state index in [-0.39, 0.29) is 0 Å². The fourth-order valence-corrected chi connectivity index (χ4v) is 4.35. The molecule has 0 heterocycles. The van der Waals surface area contributed by atoms with Crippen LogP contribution in [0.15, 0.2) is 30.3 Å². The Kier molecular flexibility index (Phi) is 5.65. The molecule has 1 saturated carbocycles. The molecule has 1 N–H and O–H groups in total. The highest BCUT2D eigenvalue weighted by Crippen LogP contribution is 2.46. The molecule has 1 aromatic carbocycles. The standard InChI is InChI=1S/C19H31N/c1-4-16(5-2)18(20-6-3)19(14-10-11-15-19)17-12-8-7-9-13-17/h7-9,12-13,16,18,20H,4-6,10-11,14-15H2,1-3H3. The lowest BCUT2D eigenvalue weighted by Crippen LogP contribution is -2.51. The average molecular weight is 273 g/mol.